The van der Waals surface area contributed by atoms with Gasteiger partial charge in [-0.3, -0.25) is 4.99 Å². The zero-order valence-corrected chi connectivity index (χ0v) is 13.7. The highest BCUT2D eigenvalue weighted by Gasteiger charge is 2.34. The summed E-state index contributed by atoms with van der Waals surface area (Å²) in [4.78, 5) is 7.79. The summed E-state index contributed by atoms with van der Waals surface area (Å²) in [5.41, 5.74) is -0.866. The van der Waals surface area contributed by atoms with E-state index in [1.165, 1.54) is 31.5 Å². The first-order chi connectivity index (χ1) is 11.5. The number of hydrogen-bond acceptors (Lipinski definition) is 3. The number of ether oxygens (including phenoxy) is 1. The Bertz CT molecular complexity index is 542. The minimum atomic E-state index is -4.48. The molecule has 8 heteroatoms. The molecule has 2 rings (SSSR count). The number of guanidine groups is 1. The summed E-state index contributed by atoms with van der Waals surface area (Å²) in [5.74, 6) is 0.240. The summed E-state index contributed by atoms with van der Waals surface area (Å²) in [6, 6.07) is 2.60. The molecule has 0 amide bonds. The second kappa shape index (κ2) is 8.75. The van der Waals surface area contributed by atoms with Crippen LogP contribution in [0.25, 0.3) is 0 Å². The van der Waals surface area contributed by atoms with E-state index < -0.39 is 17.6 Å². The van der Waals surface area contributed by atoms with Gasteiger partial charge in [-0.25, -0.2) is 4.98 Å². The number of pyridine rings is 1. The van der Waals surface area contributed by atoms with Gasteiger partial charge < -0.3 is 15.4 Å². The molecule has 134 valence electrons. The topological polar surface area (TPSA) is 58.5 Å². The minimum absolute atomic E-state index is 0.0610. The zero-order chi connectivity index (χ0) is 17.4. The van der Waals surface area contributed by atoms with Crippen molar-refractivity contribution in [2.75, 3.05) is 20.2 Å². The van der Waals surface area contributed by atoms with E-state index >= 15 is 0 Å². The quantitative estimate of drug-likeness (QED) is 0.490. The van der Waals surface area contributed by atoms with E-state index in [1.807, 2.05) is 0 Å². The lowest BCUT2D eigenvalue weighted by Gasteiger charge is -2.24. The maximum atomic E-state index is 12.8. The molecular weight excluding hydrogens is 321 g/mol. The first kappa shape index (κ1) is 18.4. The van der Waals surface area contributed by atoms with Gasteiger partial charge in [-0.05, 0) is 25.0 Å². The van der Waals surface area contributed by atoms with Crippen LogP contribution >= 0.6 is 0 Å². The Balaban J connectivity index is 1.78. The molecular formula is C16H23F3N4O. The van der Waals surface area contributed by atoms with Gasteiger partial charge in [-0.2, -0.15) is 13.2 Å². The third-order valence-corrected chi connectivity index (χ3v) is 3.88. The third-order valence-electron chi connectivity index (χ3n) is 3.88. The normalized spacial score (nSPS) is 16.8. The number of alkyl halides is 3. The predicted molar refractivity (Wildman–Crippen MR) is 86.1 cm³/mol. The van der Waals surface area contributed by atoms with Crippen LogP contribution in [0, 0.1) is 0 Å². The maximum Gasteiger partial charge on any atom is 0.421 e. The molecule has 0 radical (unpaired) electrons. The molecule has 2 N–H and O–H groups in total. The van der Waals surface area contributed by atoms with Gasteiger partial charge in [0.15, 0.2) is 5.96 Å². The largest absolute Gasteiger partial charge is 0.475 e. The zero-order valence-electron chi connectivity index (χ0n) is 13.7. The van der Waals surface area contributed by atoms with Crippen LogP contribution in [0.5, 0.6) is 5.88 Å². The number of hydrogen-bond donors (Lipinski definition) is 2. The summed E-state index contributed by atoms with van der Waals surface area (Å²) in [6.45, 7) is 0.395. The molecule has 1 aliphatic carbocycles. The Kier molecular flexibility index (Phi) is 6.69. The summed E-state index contributed by atoms with van der Waals surface area (Å²) >= 11 is 0. The number of aromatic nitrogens is 1. The van der Waals surface area contributed by atoms with Gasteiger partial charge in [-0.1, -0.05) is 19.3 Å². The Morgan fingerprint density at radius 1 is 1.33 bits per heavy atom. The van der Waals surface area contributed by atoms with Gasteiger partial charge in [-0.15, -0.1) is 0 Å². The molecule has 1 heterocycles. The molecule has 0 aliphatic heterocycles. The van der Waals surface area contributed by atoms with Crippen molar-refractivity contribution in [2.24, 2.45) is 4.99 Å². The summed E-state index contributed by atoms with van der Waals surface area (Å²) in [5, 5.41) is 6.38. The summed E-state index contributed by atoms with van der Waals surface area (Å²) < 4.78 is 43.7. The Morgan fingerprint density at radius 2 is 2.08 bits per heavy atom. The average Bonchev–Trinajstić information content (AvgIpc) is 2.58. The van der Waals surface area contributed by atoms with Gasteiger partial charge in [0.2, 0.25) is 5.88 Å². The lowest BCUT2D eigenvalue weighted by molar-refractivity contribution is -0.139. The second-order valence-electron chi connectivity index (χ2n) is 5.68. The highest BCUT2D eigenvalue weighted by atomic mass is 19.4. The van der Waals surface area contributed by atoms with Crippen LogP contribution in [0.2, 0.25) is 0 Å². The van der Waals surface area contributed by atoms with Gasteiger partial charge in [0.1, 0.15) is 12.2 Å². The van der Waals surface area contributed by atoms with Crippen molar-refractivity contribution in [1.82, 2.24) is 15.6 Å². The molecule has 24 heavy (non-hydrogen) atoms. The fourth-order valence-electron chi connectivity index (χ4n) is 2.67. The van der Waals surface area contributed by atoms with Crippen molar-refractivity contribution in [3.05, 3.63) is 23.9 Å². The minimum Gasteiger partial charge on any atom is -0.475 e. The molecule has 1 fully saturated rings. The van der Waals surface area contributed by atoms with Crippen molar-refractivity contribution in [3.8, 4) is 5.88 Å². The van der Waals surface area contributed by atoms with Gasteiger partial charge in [0.05, 0.1) is 6.54 Å². The smallest absolute Gasteiger partial charge is 0.421 e. The standard InChI is InChI=1S/C16H23F3N4O/c1-20-15(23-12-6-3-2-4-7-12)22-10-11-24-14-13(16(17,18)19)8-5-9-21-14/h5,8-9,12H,2-4,6-7,10-11H2,1H3,(H2,20,22,23). The number of aliphatic imine (C=N–C) groups is 1. The van der Waals surface area contributed by atoms with Gasteiger partial charge in [0.25, 0.3) is 0 Å². The van der Waals surface area contributed by atoms with E-state index in [2.05, 4.69) is 20.6 Å². The van der Waals surface area contributed by atoms with Crippen molar-refractivity contribution >= 4 is 5.96 Å². The highest BCUT2D eigenvalue weighted by molar-refractivity contribution is 5.79. The molecule has 0 bridgehead atoms. The lowest BCUT2D eigenvalue weighted by atomic mass is 9.96. The van der Waals surface area contributed by atoms with Crippen LogP contribution in [0.1, 0.15) is 37.7 Å². The monoisotopic (exact) mass is 344 g/mol. The predicted octanol–water partition coefficient (Wildman–Crippen LogP) is 2.98. The van der Waals surface area contributed by atoms with Crippen molar-refractivity contribution < 1.29 is 17.9 Å². The Hall–Kier alpha value is -1.99. The van der Waals surface area contributed by atoms with Crippen LogP contribution in [-0.4, -0.2) is 37.2 Å². The van der Waals surface area contributed by atoms with E-state index in [9.17, 15) is 13.2 Å². The first-order valence-corrected chi connectivity index (χ1v) is 8.13. The number of nitrogens with one attached hydrogen (secondary N) is 2. The Morgan fingerprint density at radius 3 is 2.75 bits per heavy atom. The van der Waals surface area contributed by atoms with E-state index in [1.54, 1.807) is 7.05 Å². The van der Waals surface area contributed by atoms with Crippen molar-refractivity contribution in [3.63, 3.8) is 0 Å². The third kappa shape index (κ3) is 5.58. The lowest BCUT2D eigenvalue weighted by Crippen LogP contribution is -2.45. The number of halogens is 3. The molecule has 1 saturated carbocycles. The van der Waals surface area contributed by atoms with Crippen molar-refractivity contribution in [1.29, 1.82) is 0 Å². The number of nitrogens with zero attached hydrogens (tertiary/aromatic N) is 2. The van der Waals surface area contributed by atoms with Crippen LogP contribution in [-0.2, 0) is 6.18 Å². The molecule has 0 atom stereocenters. The van der Waals surface area contributed by atoms with Gasteiger partial charge in [0, 0.05) is 19.3 Å². The average molecular weight is 344 g/mol. The van der Waals surface area contributed by atoms with E-state index in [0.717, 1.165) is 18.9 Å². The molecule has 0 saturated heterocycles. The molecule has 1 aromatic heterocycles. The molecule has 0 unspecified atom stereocenters. The molecule has 0 spiro atoms. The van der Waals surface area contributed by atoms with E-state index in [0.29, 0.717) is 18.5 Å². The fourth-order valence-corrected chi connectivity index (χ4v) is 2.67. The highest BCUT2D eigenvalue weighted by Crippen LogP contribution is 2.34. The Labute approximate surface area is 139 Å². The summed E-state index contributed by atoms with van der Waals surface area (Å²) in [7, 11) is 1.67. The van der Waals surface area contributed by atoms with E-state index in [-0.39, 0.29) is 6.61 Å². The number of rotatable bonds is 5. The first-order valence-electron chi connectivity index (χ1n) is 8.13. The second-order valence-corrected chi connectivity index (χ2v) is 5.68. The van der Waals surface area contributed by atoms with Crippen LogP contribution in [0.4, 0.5) is 13.2 Å². The molecule has 1 aromatic rings. The fraction of sp³-hybridized carbons (Fsp3) is 0.625. The molecule has 1 aliphatic rings. The van der Waals surface area contributed by atoms with Crippen LogP contribution < -0.4 is 15.4 Å². The van der Waals surface area contributed by atoms with E-state index in [4.69, 9.17) is 4.74 Å². The summed E-state index contributed by atoms with van der Waals surface area (Å²) in [6.07, 6.45) is 2.70. The van der Waals surface area contributed by atoms with Gasteiger partial charge >= 0.3 is 6.18 Å². The van der Waals surface area contributed by atoms with Crippen LogP contribution in [0.3, 0.4) is 0 Å². The van der Waals surface area contributed by atoms with Crippen LogP contribution in [0.15, 0.2) is 23.3 Å². The molecule has 5 nitrogen and oxygen atoms in total. The van der Waals surface area contributed by atoms with Crippen molar-refractivity contribution in [2.45, 2.75) is 44.3 Å². The maximum absolute atomic E-state index is 12.8. The molecule has 0 aromatic carbocycles. The SMILES string of the molecule is CN=C(NCCOc1ncccc1C(F)(F)F)NC1CCCCC1.